The molecule has 1 unspecified atom stereocenters. The Hall–Kier alpha value is -3.21. The average molecular weight is 360 g/mol. The molecule has 0 aromatic carbocycles. The lowest BCUT2D eigenvalue weighted by atomic mass is 9.75. The molecule has 0 radical (unpaired) electrons. The highest BCUT2D eigenvalue weighted by Gasteiger charge is 2.47. The van der Waals surface area contributed by atoms with Crippen molar-refractivity contribution in [2.45, 2.75) is 13.3 Å². The van der Waals surface area contributed by atoms with E-state index >= 15 is 0 Å². The molecular weight excluding hydrogens is 340 g/mol. The Bertz CT molecular complexity index is 1020. The average Bonchev–Trinajstić information content (AvgIpc) is 3.31. The molecule has 0 saturated carbocycles. The zero-order valence-corrected chi connectivity index (χ0v) is 15.1. The number of fused-ring (bicyclic) bond motifs is 2. The Morgan fingerprint density at radius 1 is 1.19 bits per heavy atom. The summed E-state index contributed by atoms with van der Waals surface area (Å²) in [5.74, 6) is 2.32. The molecule has 5 rings (SSSR count). The van der Waals surface area contributed by atoms with Crippen molar-refractivity contribution in [2.75, 3.05) is 36.0 Å². The van der Waals surface area contributed by atoms with Crippen LogP contribution in [-0.4, -0.2) is 51.1 Å². The van der Waals surface area contributed by atoms with Gasteiger partial charge in [0.05, 0.1) is 23.3 Å². The fraction of sp³-hybridized carbons (Fsp3) is 0.421. The monoisotopic (exact) mass is 360 g/mol. The van der Waals surface area contributed by atoms with Crippen LogP contribution in [0, 0.1) is 22.7 Å². The number of aromatic amines is 1. The van der Waals surface area contributed by atoms with Gasteiger partial charge in [0.15, 0.2) is 0 Å². The lowest BCUT2D eigenvalue weighted by Gasteiger charge is -2.42. The van der Waals surface area contributed by atoms with Gasteiger partial charge in [0.2, 0.25) is 5.95 Å². The highest BCUT2D eigenvalue weighted by molar-refractivity contribution is 5.87. The molecule has 2 aliphatic rings. The van der Waals surface area contributed by atoms with Crippen LogP contribution in [0.25, 0.3) is 11.0 Å². The minimum atomic E-state index is 0.142. The van der Waals surface area contributed by atoms with Gasteiger partial charge in [0.25, 0.3) is 0 Å². The van der Waals surface area contributed by atoms with E-state index in [9.17, 15) is 0 Å². The van der Waals surface area contributed by atoms with Gasteiger partial charge in [-0.15, -0.1) is 0 Å². The Labute approximate surface area is 156 Å². The van der Waals surface area contributed by atoms with Crippen molar-refractivity contribution < 1.29 is 0 Å². The molecule has 3 aromatic heterocycles. The van der Waals surface area contributed by atoms with Crippen molar-refractivity contribution in [2.24, 2.45) is 11.3 Å². The van der Waals surface area contributed by atoms with Crippen molar-refractivity contribution >= 4 is 22.8 Å². The van der Waals surface area contributed by atoms with Gasteiger partial charge in [0.1, 0.15) is 23.9 Å². The molecule has 2 fully saturated rings. The molecule has 0 amide bonds. The molecule has 1 N–H and O–H groups in total. The van der Waals surface area contributed by atoms with Crippen molar-refractivity contribution in [3.63, 3.8) is 0 Å². The molecule has 0 aliphatic carbocycles. The molecule has 136 valence electrons. The molecule has 0 bridgehead atoms. The number of nitrogens with one attached hydrogen (secondary N) is 1. The molecule has 5 heterocycles. The summed E-state index contributed by atoms with van der Waals surface area (Å²) in [5.41, 5.74) is 1.52. The smallest absolute Gasteiger partial charge is 0.225 e. The SMILES string of the molecule is C[C@]12CN(c3ncc(C#N)cn3)CC1CCN(c1ncnc3[nH]ccc13)C2. The molecule has 3 aromatic rings. The maximum Gasteiger partial charge on any atom is 0.225 e. The van der Waals surface area contributed by atoms with Gasteiger partial charge < -0.3 is 14.8 Å². The Balaban J connectivity index is 1.40. The van der Waals surface area contributed by atoms with Crippen molar-refractivity contribution in [1.82, 2.24) is 24.9 Å². The first-order chi connectivity index (χ1) is 13.2. The number of rotatable bonds is 2. The first-order valence-electron chi connectivity index (χ1n) is 9.16. The summed E-state index contributed by atoms with van der Waals surface area (Å²) >= 11 is 0. The summed E-state index contributed by atoms with van der Waals surface area (Å²) in [6.07, 6.45) is 7.86. The number of H-pyrrole nitrogens is 1. The van der Waals surface area contributed by atoms with Crippen LogP contribution in [0.15, 0.2) is 31.0 Å². The van der Waals surface area contributed by atoms with Crippen molar-refractivity contribution in [1.29, 1.82) is 5.26 Å². The van der Waals surface area contributed by atoms with Crippen molar-refractivity contribution in [3.05, 3.63) is 36.5 Å². The summed E-state index contributed by atoms with van der Waals surface area (Å²) in [6, 6.07) is 4.12. The van der Waals surface area contributed by atoms with E-state index in [1.54, 1.807) is 18.7 Å². The standard InChI is InChI=1S/C19H20N8/c1-19-10-26(17-15-2-4-21-16(15)24-12-25-17)5-3-14(19)9-27(11-19)18-22-7-13(6-20)8-23-18/h2,4,7-8,12,14H,3,5,9-11H2,1H3,(H,21,24,25)/t14?,19-/m0/s1. The normalized spacial score (nSPS) is 24.8. The van der Waals surface area contributed by atoms with E-state index in [-0.39, 0.29) is 5.41 Å². The fourth-order valence-corrected chi connectivity index (χ4v) is 4.55. The second-order valence-electron chi connectivity index (χ2n) is 7.76. The number of nitrogens with zero attached hydrogens (tertiary/aromatic N) is 7. The molecule has 2 atom stereocenters. The molecular formula is C19H20N8. The minimum Gasteiger partial charge on any atom is -0.355 e. The van der Waals surface area contributed by atoms with E-state index < -0.39 is 0 Å². The third-order valence-corrected chi connectivity index (χ3v) is 5.96. The third kappa shape index (κ3) is 2.58. The van der Waals surface area contributed by atoms with Crippen molar-refractivity contribution in [3.8, 4) is 6.07 Å². The van der Waals surface area contributed by atoms with Crippen LogP contribution in [0.3, 0.4) is 0 Å². The second kappa shape index (κ2) is 5.91. The van der Waals surface area contributed by atoms with E-state index in [1.165, 1.54) is 0 Å². The first-order valence-corrected chi connectivity index (χ1v) is 9.16. The van der Waals surface area contributed by atoms with Gasteiger partial charge in [-0.1, -0.05) is 6.92 Å². The summed E-state index contributed by atoms with van der Waals surface area (Å²) in [6.45, 7) is 6.14. The summed E-state index contributed by atoms with van der Waals surface area (Å²) in [4.78, 5) is 25.5. The number of hydrogen-bond donors (Lipinski definition) is 1. The molecule has 27 heavy (non-hydrogen) atoms. The quantitative estimate of drug-likeness (QED) is 0.746. The molecule has 2 aliphatic heterocycles. The largest absolute Gasteiger partial charge is 0.355 e. The van der Waals surface area contributed by atoms with Gasteiger partial charge in [-0.3, -0.25) is 0 Å². The first kappa shape index (κ1) is 16.0. The molecule has 8 nitrogen and oxygen atoms in total. The number of hydrogen-bond acceptors (Lipinski definition) is 7. The van der Waals surface area contributed by atoms with Gasteiger partial charge in [-0.05, 0) is 18.4 Å². The van der Waals surface area contributed by atoms with Crippen LogP contribution < -0.4 is 9.80 Å². The molecule has 2 saturated heterocycles. The zero-order valence-electron chi connectivity index (χ0n) is 15.1. The maximum absolute atomic E-state index is 8.94. The van der Waals surface area contributed by atoms with Gasteiger partial charge in [-0.25, -0.2) is 19.9 Å². The predicted octanol–water partition coefficient (Wildman–Crippen LogP) is 1.97. The number of aromatic nitrogens is 5. The summed E-state index contributed by atoms with van der Waals surface area (Å²) in [5, 5.41) is 10.0. The predicted molar refractivity (Wildman–Crippen MR) is 101 cm³/mol. The Morgan fingerprint density at radius 3 is 2.81 bits per heavy atom. The molecule has 8 heteroatoms. The second-order valence-corrected chi connectivity index (χ2v) is 7.76. The summed E-state index contributed by atoms with van der Waals surface area (Å²) < 4.78 is 0. The van der Waals surface area contributed by atoms with Crippen LogP contribution in [0.2, 0.25) is 0 Å². The van der Waals surface area contributed by atoms with Crippen LogP contribution in [0.1, 0.15) is 18.9 Å². The highest BCUT2D eigenvalue weighted by atomic mass is 15.3. The van der Waals surface area contributed by atoms with Gasteiger partial charge in [0, 0.05) is 37.8 Å². The van der Waals surface area contributed by atoms with Gasteiger partial charge >= 0.3 is 0 Å². The van der Waals surface area contributed by atoms with E-state index in [0.29, 0.717) is 17.4 Å². The van der Waals surface area contributed by atoms with E-state index in [4.69, 9.17) is 5.26 Å². The number of piperidine rings is 1. The van der Waals surface area contributed by atoms with Crippen LogP contribution in [0.5, 0.6) is 0 Å². The Morgan fingerprint density at radius 2 is 2.00 bits per heavy atom. The Kier molecular flexibility index (Phi) is 3.50. The number of nitriles is 1. The summed E-state index contributed by atoms with van der Waals surface area (Å²) in [7, 11) is 0. The minimum absolute atomic E-state index is 0.142. The number of anilines is 2. The lowest BCUT2D eigenvalue weighted by molar-refractivity contribution is 0.216. The highest BCUT2D eigenvalue weighted by Crippen LogP contribution is 2.44. The van der Waals surface area contributed by atoms with Crippen LogP contribution in [0.4, 0.5) is 11.8 Å². The molecule has 0 spiro atoms. The van der Waals surface area contributed by atoms with Crippen LogP contribution in [-0.2, 0) is 0 Å². The zero-order chi connectivity index (χ0) is 18.4. The maximum atomic E-state index is 8.94. The van der Waals surface area contributed by atoms with Gasteiger partial charge in [-0.2, -0.15) is 5.26 Å². The fourth-order valence-electron chi connectivity index (χ4n) is 4.55. The third-order valence-electron chi connectivity index (χ3n) is 5.96. The topological polar surface area (TPSA) is 97.6 Å². The van der Waals surface area contributed by atoms with E-state index in [0.717, 1.165) is 49.5 Å². The van der Waals surface area contributed by atoms with Crippen LogP contribution >= 0.6 is 0 Å². The van der Waals surface area contributed by atoms with E-state index in [2.05, 4.69) is 47.7 Å². The van der Waals surface area contributed by atoms with E-state index in [1.807, 2.05) is 12.3 Å². The lowest BCUT2D eigenvalue weighted by Crippen LogP contribution is -2.47.